The molecule has 0 aromatic heterocycles. The largest absolute Gasteiger partial charge is 0.356 e. The molecule has 0 saturated carbocycles. The molecule has 0 bridgehead atoms. The molecule has 0 radical (unpaired) electrons. The van der Waals surface area contributed by atoms with Crippen molar-refractivity contribution in [2.75, 3.05) is 27.2 Å². The van der Waals surface area contributed by atoms with Crippen LogP contribution >= 0.6 is 11.6 Å². The number of hydrogen-bond donors (Lipinski definition) is 2. The fraction of sp³-hybridized carbons (Fsp3) is 0.467. The maximum Gasteiger partial charge on any atom is 0.221 e. The van der Waals surface area contributed by atoms with E-state index in [0.29, 0.717) is 18.1 Å². The van der Waals surface area contributed by atoms with Crippen LogP contribution in [0.4, 0.5) is 0 Å². The van der Waals surface area contributed by atoms with Gasteiger partial charge in [-0.15, -0.1) is 0 Å². The minimum Gasteiger partial charge on any atom is -0.356 e. The number of halogens is 1. The standard InChI is InChI=1S/C15H22ClN3O2/c1-11(20)17-9-8-15(21)18-10-14(19(2)3)12-4-6-13(16)7-5-12/h4-7,14H,8-10H2,1-3H3,(H,17,20)(H,18,21). The van der Waals surface area contributed by atoms with Crippen LogP contribution in [0.3, 0.4) is 0 Å². The zero-order valence-electron chi connectivity index (χ0n) is 12.6. The summed E-state index contributed by atoms with van der Waals surface area (Å²) in [5.74, 6) is -0.209. The fourth-order valence-electron chi connectivity index (χ4n) is 1.93. The van der Waals surface area contributed by atoms with Crippen LogP contribution in [-0.2, 0) is 9.59 Å². The van der Waals surface area contributed by atoms with E-state index in [4.69, 9.17) is 11.6 Å². The minimum atomic E-state index is -0.130. The lowest BCUT2D eigenvalue weighted by atomic mass is 10.1. The minimum absolute atomic E-state index is 0.0759. The van der Waals surface area contributed by atoms with Gasteiger partial charge in [0.15, 0.2) is 0 Å². The first-order valence-corrected chi connectivity index (χ1v) is 7.21. The highest BCUT2D eigenvalue weighted by atomic mass is 35.5. The predicted molar refractivity (Wildman–Crippen MR) is 84.2 cm³/mol. The van der Waals surface area contributed by atoms with Gasteiger partial charge >= 0.3 is 0 Å². The lowest BCUT2D eigenvalue weighted by Gasteiger charge is -2.25. The topological polar surface area (TPSA) is 61.4 Å². The zero-order chi connectivity index (χ0) is 15.8. The summed E-state index contributed by atoms with van der Waals surface area (Å²) in [5.41, 5.74) is 1.09. The molecule has 1 atom stereocenters. The second kappa shape index (κ2) is 8.64. The molecule has 2 N–H and O–H groups in total. The summed E-state index contributed by atoms with van der Waals surface area (Å²) < 4.78 is 0. The third kappa shape index (κ3) is 6.60. The summed E-state index contributed by atoms with van der Waals surface area (Å²) in [6.45, 7) is 2.29. The molecule has 116 valence electrons. The van der Waals surface area contributed by atoms with E-state index in [0.717, 1.165) is 5.56 Å². The van der Waals surface area contributed by atoms with E-state index >= 15 is 0 Å². The molecule has 0 saturated heterocycles. The first-order chi connectivity index (χ1) is 9.90. The van der Waals surface area contributed by atoms with Gasteiger partial charge < -0.3 is 15.5 Å². The van der Waals surface area contributed by atoms with E-state index in [9.17, 15) is 9.59 Å². The van der Waals surface area contributed by atoms with Gasteiger partial charge in [0, 0.05) is 31.5 Å². The molecule has 0 spiro atoms. The van der Waals surface area contributed by atoms with E-state index in [1.807, 2.05) is 43.3 Å². The molecular formula is C15H22ClN3O2. The summed E-state index contributed by atoms with van der Waals surface area (Å²) >= 11 is 5.89. The summed E-state index contributed by atoms with van der Waals surface area (Å²) in [7, 11) is 3.92. The first-order valence-electron chi connectivity index (χ1n) is 6.83. The van der Waals surface area contributed by atoms with Crippen molar-refractivity contribution in [1.29, 1.82) is 0 Å². The Morgan fingerprint density at radius 1 is 1.19 bits per heavy atom. The second-order valence-corrected chi connectivity index (χ2v) is 5.50. The monoisotopic (exact) mass is 311 g/mol. The summed E-state index contributed by atoms with van der Waals surface area (Å²) in [4.78, 5) is 24.5. The Morgan fingerprint density at radius 3 is 2.33 bits per heavy atom. The molecule has 21 heavy (non-hydrogen) atoms. The van der Waals surface area contributed by atoms with Gasteiger partial charge in [-0.05, 0) is 31.8 Å². The molecule has 1 aromatic rings. The van der Waals surface area contributed by atoms with Crippen LogP contribution in [0.2, 0.25) is 5.02 Å². The molecule has 0 aliphatic rings. The molecule has 2 amide bonds. The van der Waals surface area contributed by atoms with Crippen molar-refractivity contribution in [3.8, 4) is 0 Å². The number of benzene rings is 1. The van der Waals surface area contributed by atoms with E-state index < -0.39 is 0 Å². The van der Waals surface area contributed by atoms with Crippen LogP contribution in [0.15, 0.2) is 24.3 Å². The average Bonchev–Trinajstić information content (AvgIpc) is 2.40. The average molecular weight is 312 g/mol. The number of likely N-dealkylation sites (N-methyl/N-ethyl adjacent to an activating group) is 1. The van der Waals surface area contributed by atoms with Crippen molar-refractivity contribution in [3.63, 3.8) is 0 Å². The number of carbonyl (C=O) groups is 2. The first kappa shape index (κ1) is 17.5. The third-order valence-corrected chi connectivity index (χ3v) is 3.35. The van der Waals surface area contributed by atoms with Crippen LogP contribution < -0.4 is 10.6 Å². The zero-order valence-corrected chi connectivity index (χ0v) is 13.4. The van der Waals surface area contributed by atoms with E-state index in [2.05, 4.69) is 10.6 Å². The fourth-order valence-corrected chi connectivity index (χ4v) is 2.06. The van der Waals surface area contributed by atoms with E-state index in [-0.39, 0.29) is 24.3 Å². The van der Waals surface area contributed by atoms with Crippen LogP contribution in [0, 0.1) is 0 Å². The molecule has 6 heteroatoms. The van der Waals surface area contributed by atoms with Crippen LogP contribution in [-0.4, -0.2) is 43.9 Å². The maximum atomic E-state index is 11.7. The van der Waals surface area contributed by atoms with Crippen molar-refractivity contribution in [2.24, 2.45) is 0 Å². The van der Waals surface area contributed by atoms with Crippen LogP contribution in [0.25, 0.3) is 0 Å². The highest BCUT2D eigenvalue weighted by Crippen LogP contribution is 2.19. The Kier molecular flexibility index (Phi) is 7.19. The van der Waals surface area contributed by atoms with Gasteiger partial charge in [0.05, 0.1) is 6.04 Å². The van der Waals surface area contributed by atoms with Crippen molar-refractivity contribution >= 4 is 23.4 Å². The van der Waals surface area contributed by atoms with Crippen molar-refractivity contribution in [1.82, 2.24) is 15.5 Å². The molecule has 5 nitrogen and oxygen atoms in total. The van der Waals surface area contributed by atoms with Crippen molar-refractivity contribution in [3.05, 3.63) is 34.9 Å². The Labute approximate surface area is 130 Å². The van der Waals surface area contributed by atoms with Crippen LogP contribution in [0.5, 0.6) is 0 Å². The molecule has 0 fully saturated rings. The lowest BCUT2D eigenvalue weighted by Crippen LogP contribution is -2.36. The number of nitrogens with zero attached hydrogens (tertiary/aromatic N) is 1. The number of nitrogens with one attached hydrogen (secondary N) is 2. The molecule has 0 aliphatic heterocycles. The third-order valence-electron chi connectivity index (χ3n) is 3.10. The summed E-state index contributed by atoms with van der Waals surface area (Å²) in [6.07, 6.45) is 0.278. The van der Waals surface area contributed by atoms with Gasteiger partial charge in [-0.25, -0.2) is 0 Å². The second-order valence-electron chi connectivity index (χ2n) is 5.07. The number of carbonyl (C=O) groups excluding carboxylic acids is 2. The van der Waals surface area contributed by atoms with Gasteiger partial charge in [-0.2, -0.15) is 0 Å². The molecule has 0 heterocycles. The number of amides is 2. The quantitative estimate of drug-likeness (QED) is 0.804. The summed E-state index contributed by atoms with van der Waals surface area (Å²) in [6, 6.07) is 7.66. The van der Waals surface area contributed by atoms with E-state index in [1.165, 1.54) is 6.92 Å². The van der Waals surface area contributed by atoms with Gasteiger partial charge in [-0.3, -0.25) is 9.59 Å². The molecule has 1 rings (SSSR count). The smallest absolute Gasteiger partial charge is 0.221 e. The molecule has 1 unspecified atom stereocenters. The maximum absolute atomic E-state index is 11.7. The molecule has 0 aliphatic carbocycles. The Bertz CT molecular complexity index is 474. The normalized spacial score (nSPS) is 12.0. The number of rotatable bonds is 7. The lowest BCUT2D eigenvalue weighted by molar-refractivity contribution is -0.121. The summed E-state index contributed by atoms with van der Waals surface area (Å²) in [5, 5.41) is 6.18. The Balaban J connectivity index is 2.50. The Morgan fingerprint density at radius 2 is 1.81 bits per heavy atom. The molecule has 1 aromatic carbocycles. The van der Waals surface area contributed by atoms with Gasteiger partial charge in [0.25, 0.3) is 0 Å². The predicted octanol–water partition coefficient (Wildman–Crippen LogP) is 1.59. The van der Waals surface area contributed by atoms with Crippen molar-refractivity contribution < 1.29 is 9.59 Å². The van der Waals surface area contributed by atoms with Crippen LogP contribution in [0.1, 0.15) is 24.9 Å². The SMILES string of the molecule is CC(=O)NCCC(=O)NCC(c1ccc(Cl)cc1)N(C)C. The van der Waals surface area contributed by atoms with E-state index in [1.54, 1.807) is 0 Å². The van der Waals surface area contributed by atoms with Gasteiger partial charge in [-0.1, -0.05) is 23.7 Å². The highest BCUT2D eigenvalue weighted by Gasteiger charge is 2.15. The highest BCUT2D eigenvalue weighted by molar-refractivity contribution is 6.30. The Hall–Kier alpha value is -1.59. The van der Waals surface area contributed by atoms with Crippen molar-refractivity contribution in [2.45, 2.75) is 19.4 Å². The molecular weight excluding hydrogens is 290 g/mol. The number of hydrogen-bond acceptors (Lipinski definition) is 3. The van der Waals surface area contributed by atoms with Gasteiger partial charge in [0.1, 0.15) is 0 Å². The van der Waals surface area contributed by atoms with Gasteiger partial charge in [0.2, 0.25) is 11.8 Å².